The average Bonchev–Trinajstić information content (AvgIpc) is 3.64. The molecule has 204 valence electrons. The molecule has 0 aliphatic heterocycles. The van der Waals surface area contributed by atoms with Crippen LogP contribution in [0.15, 0.2) is 69.8 Å². The molecule has 0 saturated heterocycles. The Morgan fingerprint density at radius 3 is 2.54 bits per heavy atom. The summed E-state index contributed by atoms with van der Waals surface area (Å²) in [4.78, 5) is 29.8. The molecule has 0 aliphatic rings. The van der Waals surface area contributed by atoms with E-state index in [-0.39, 0.29) is 17.5 Å². The second-order valence-electron chi connectivity index (χ2n) is 8.83. The molecule has 4 rings (SSSR count). The Kier molecular flexibility index (Phi) is 10.1. The Labute approximate surface area is 235 Å². The summed E-state index contributed by atoms with van der Waals surface area (Å²) >= 11 is 12.0. The quantitative estimate of drug-likeness (QED) is 0.154. The van der Waals surface area contributed by atoms with Gasteiger partial charge in [-0.2, -0.15) is 4.98 Å². The Morgan fingerprint density at radius 1 is 1.03 bits per heavy atom. The van der Waals surface area contributed by atoms with Crippen LogP contribution in [-0.2, 0) is 12.8 Å². The SMILES string of the molecule is NCCCCC(NC(=O)c1ccco1)C(=O)c1noc(Cc2ccc(OCCc3ccc(Cl)c(Cl)c3)cc2)n1. The van der Waals surface area contributed by atoms with Gasteiger partial charge in [0.1, 0.15) is 5.75 Å². The van der Waals surface area contributed by atoms with Crippen LogP contribution < -0.4 is 15.8 Å². The molecule has 0 spiro atoms. The fourth-order valence-corrected chi connectivity index (χ4v) is 4.16. The first-order valence-corrected chi connectivity index (χ1v) is 13.3. The Hall–Kier alpha value is -3.66. The number of benzene rings is 2. The monoisotopic (exact) mass is 570 g/mol. The Balaban J connectivity index is 1.32. The Morgan fingerprint density at radius 2 is 1.82 bits per heavy atom. The molecule has 3 N–H and O–H groups in total. The maximum atomic E-state index is 13.1. The zero-order chi connectivity index (χ0) is 27.6. The number of amides is 1. The van der Waals surface area contributed by atoms with Crippen LogP contribution in [0, 0.1) is 0 Å². The van der Waals surface area contributed by atoms with Gasteiger partial charge in [0, 0.05) is 6.42 Å². The van der Waals surface area contributed by atoms with Crippen LogP contribution in [0.25, 0.3) is 0 Å². The molecule has 9 nitrogen and oxygen atoms in total. The number of aromatic nitrogens is 2. The number of nitrogens with two attached hydrogens (primary N) is 1. The van der Waals surface area contributed by atoms with Crippen molar-refractivity contribution in [1.82, 2.24) is 15.5 Å². The van der Waals surface area contributed by atoms with Gasteiger partial charge in [-0.3, -0.25) is 9.59 Å². The van der Waals surface area contributed by atoms with Crippen molar-refractivity contribution < 1.29 is 23.3 Å². The molecule has 2 aromatic carbocycles. The third-order valence-corrected chi connectivity index (χ3v) is 6.66. The normalized spacial score (nSPS) is 11.8. The Bertz CT molecular complexity index is 1370. The van der Waals surface area contributed by atoms with Crippen molar-refractivity contribution in [2.24, 2.45) is 5.73 Å². The lowest BCUT2D eigenvalue weighted by molar-refractivity contribution is 0.0828. The first-order valence-electron chi connectivity index (χ1n) is 12.5. The van der Waals surface area contributed by atoms with E-state index in [0.717, 1.165) is 11.1 Å². The molecule has 1 atom stereocenters. The minimum atomic E-state index is -0.833. The van der Waals surface area contributed by atoms with Gasteiger partial charge in [-0.1, -0.05) is 46.6 Å². The summed E-state index contributed by atoms with van der Waals surface area (Å²) in [7, 11) is 0. The van der Waals surface area contributed by atoms with Crippen LogP contribution in [0.1, 0.15) is 57.5 Å². The van der Waals surface area contributed by atoms with E-state index in [1.807, 2.05) is 36.4 Å². The van der Waals surface area contributed by atoms with E-state index in [0.29, 0.717) is 61.1 Å². The first kappa shape index (κ1) is 28.4. The number of rotatable bonds is 14. The minimum absolute atomic E-state index is 0.0928. The van der Waals surface area contributed by atoms with E-state index in [1.165, 1.54) is 12.3 Å². The van der Waals surface area contributed by atoms with Crippen LogP contribution in [0.5, 0.6) is 5.75 Å². The fourth-order valence-electron chi connectivity index (χ4n) is 3.84. The summed E-state index contributed by atoms with van der Waals surface area (Å²) in [5.41, 5.74) is 7.52. The molecular formula is C28H28Cl2N4O5. The second-order valence-corrected chi connectivity index (χ2v) is 9.65. The van der Waals surface area contributed by atoms with Crippen molar-refractivity contribution in [3.05, 3.63) is 99.5 Å². The molecule has 39 heavy (non-hydrogen) atoms. The van der Waals surface area contributed by atoms with Crippen LogP contribution in [0.2, 0.25) is 10.0 Å². The van der Waals surface area contributed by atoms with Crippen molar-refractivity contribution in [2.75, 3.05) is 13.2 Å². The third kappa shape index (κ3) is 8.16. The van der Waals surface area contributed by atoms with Gasteiger partial charge in [0.25, 0.3) is 5.91 Å². The lowest BCUT2D eigenvalue weighted by Gasteiger charge is -2.15. The number of halogens is 2. The highest BCUT2D eigenvalue weighted by molar-refractivity contribution is 6.42. The van der Waals surface area contributed by atoms with Crippen LogP contribution in [0.4, 0.5) is 0 Å². The summed E-state index contributed by atoms with van der Waals surface area (Å²) in [6, 6.07) is 15.3. The van der Waals surface area contributed by atoms with E-state index < -0.39 is 17.7 Å². The second kappa shape index (κ2) is 13.9. The molecule has 1 amide bonds. The molecule has 0 aliphatic carbocycles. The van der Waals surface area contributed by atoms with Crippen molar-refractivity contribution >= 4 is 34.9 Å². The van der Waals surface area contributed by atoms with E-state index in [9.17, 15) is 9.59 Å². The highest BCUT2D eigenvalue weighted by Crippen LogP contribution is 2.23. The molecule has 1 unspecified atom stereocenters. The molecule has 11 heteroatoms. The number of carbonyl (C=O) groups is 2. The van der Waals surface area contributed by atoms with Gasteiger partial charge >= 0.3 is 0 Å². The standard InChI is InChI=1S/C28H28Cl2N4O5/c29-21-11-8-19(16-22(21)30)12-15-37-20-9-6-18(7-10-20)17-25-33-27(34-39-25)26(35)23(4-1-2-13-31)32-28(36)24-5-3-14-38-24/h3,5-11,14,16,23H,1-2,4,12-13,15,17,31H2,(H,32,36). The van der Waals surface area contributed by atoms with Gasteiger partial charge in [0.05, 0.1) is 35.4 Å². The molecular weight excluding hydrogens is 543 g/mol. The zero-order valence-corrected chi connectivity index (χ0v) is 22.6. The molecule has 2 heterocycles. The number of furan rings is 1. The van der Waals surface area contributed by atoms with E-state index in [2.05, 4.69) is 15.5 Å². The lowest BCUT2D eigenvalue weighted by atomic mass is 10.0. The van der Waals surface area contributed by atoms with Gasteiger partial charge in [0.2, 0.25) is 17.5 Å². The lowest BCUT2D eigenvalue weighted by Crippen LogP contribution is -2.41. The van der Waals surface area contributed by atoms with Crippen molar-refractivity contribution in [1.29, 1.82) is 0 Å². The number of carbonyl (C=O) groups excluding carboxylic acids is 2. The van der Waals surface area contributed by atoms with E-state index in [4.69, 9.17) is 42.6 Å². The number of Topliss-reactive ketones (excluding diaryl/α,β-unsaturated/α-hetero) is 1. The average molecular weight is 571 g/mol. The highest BCUT2D eigenvalue weighted by Gasteiger charge is 2.27. The maximum Gasteiger partial charge on any atom is 0.287 e. The maximum absolute atomic E-state index is 13.1. The zero-order valence-electron chi connectivity index (χ0n) is 21.1. The highest BCUT2D eigenvalue weighted by atomic mass is 35.5. The summed E-state index contributed by atoms with van der Waals surface area (Å²) in [6.45, 7) is 0.968. The fraction of sp³-hybridized carbons (Fsp3) is 0.286. The smallest absolute Gasteiger partial charge is 0.287 e. The van der Waals surface area contributed by atoms with Gasteiger partial charge in [-0.05, 0) is 73.3 Å². The van der Waals surface area contributed by atoms with Crippen molar-refractivity contribution in [3.8, 4) is 5.75 Å². The van der Waals surface area contributed by atoms with Crippen molar-refractivity contribution in [2.45, 2.75) is 38.1 Å². The van der Waals surface area contributed by atoms with Crippen LogP contribution >= 0.6 is 23.2 Å². The number of ether oxygens (including phenoxy) is 1. The molecule has 0 fully saturated rings. The number of nitrogens with zero attached hydrogens (tertiary/aromatic N) is 2. The van der Waals surface area contributed by atoms with Crippen LogP contribution in [0.3, 0.4) is 0 Å². The number of nitrogens with one attached hydrogen (secondary N) is 1. The molecule has 4 aromatic rings. The van der Waals surface area contributed by atoms with E-state index in [1.54, 1.807) is 12.1 Å². The molecule has 0 saturated carbocycles. The summed E-state index contributed by atoms with van der Waals surface area (Å²) < 4.78 is 16.3. The summed E-state index contributed by atoms with van der Waals surface area (Å²) in [6.07, 6.45) is 4.17. The van der Waals surface area contributed by atoms with Gasteiger partial charge in [-0.25, -0.2) is 0 Å². The summed E-state index contributed by atoms with van der Waals surface area (Å²) in [5, 5.41) is 7.60. The van der Waals surface area contributed by atoms with Gasteiger partial charge in [0.15, 0.2) is 5.76 Å². The minimum Gasteiger partial charge on any atom is -0.493 e. The number of unbranched alkanes of at least 4 members (excludes halogenated alkanes) is 1. The largest absolute Gasteiger partial charge is 0.493 e. The number of ketones is 1. The van der Waals surface area contributed by atoms with E-state index >= 15 is 0 Å². The predicted molar refractivity (Wildman–Crippen MR) is 146 cm³/mol. The van der Waals surface area contributed by atoms with Gasteiger partial charge < -0.3 is 24.7 Å². The number of hydrogen-bond donors (Lipinski definition) is 2. The summed E-state index contributed by atoms with van der Waals surface area (Å²) in [5.74, 6) is 0.0891. The van der Waals surface area contributed by atoms with Crippen molar-refractivity contribution in [3.63, 3.8) is 0 Å². The molecule has 0 bridgehead atoms. The predicted octanol–water partition coefficient (Wildman–Crippen LogP) is 5.29. The third-order valence-electron chi connectivity index (χ3n) is 5.92. The number of hydrogen-bond acceptors (Lipinski definition) is 8. The van der Waals surface area contributed by atoms with Crippen LogP contribution in [-0.4, -0.2) is 41.0 Å². The molecule has 0 radical (unpaired) electrons. The molecule has 2 aromatic heterocycles. The first-order chi connectivity index (χ1) is 18.9. The topological polar surface area (TPSA) is 133 Å². The van der Waals surface area contributed by atoms with Gasteiger partial charge in [-0.15, -0.1) is 0 Å².